The van der Waals surface area contributed by atoms with Crippen molar-refractivity contribution in [3.05, 3.63) is 46.7 Å². The number of nitrogens with one attached hydrogen (secondary N) is 2. The maximum absolute atomic E-state index is 4.63. The normalized spacial score (nSPS) is 22.5. The molecular formula is C18H22N4S. The molecule has 1 fully saturated rings. The first-order chi connectivity index (χ1) is 11.3. The van der Waals surface area contributed by atoms with Crippen LogP contribution in [0.2, 0.25) is 0 Å². The molecule has 2 unspecified atom stereocenters. The number of nitrogens with zero attached hydrogens (tertiary/aromatic N) is 2. The summed E-state index contributed by atoms with van der Waals surface area (Å²) in [7, 11) is 2.25. The number of aromatic amines is 1. The number of imidazole rings is 1. The van der Waals surface area contributed by atoms with Gasteiger partial charge in [-0.25, -0.2) is 4.98 Å². The second-order valence-electron chi connectivity index (χ2n) is 6.33. The van der Waals surface area contributed by atoms with Crippen molar-refractivity contribution in [1.82, 2.24) is 14.9 Å². The molecule has 23 heavy (non-hydrogen) atoms. The van der Waals surface area contributed by atoms with Gasteiger partial charge in [0.25, 0.3) is 0 Å². The topological polar surface area (TPSA) is 44.0 Å². The molecule has 5 heteroatoms. The maximum Gasteiger partial charge on any atom is 0.201 e. The Morgan fingerprint density at radius 3 is 3.04 bits per heavy atom. The zero-order valence-electron chi connectivity index (χ0n) is 13.3. The van der Waals surface area contributed by atoms with Crippen molar-refractivity contribution in [2.24, 2.45) is 5.92 Å². The number of hydrogen-bond donors (Lipinski definition) is 2. The average molecular weight is 326 g/mol. The number of para-hydroxylation sites is 2. The minimum Gasteiger partial charge on any atom is -0.355 e. The number of benzene rings is 1. The lowest BCUT2D eigenvalue weighted by Crippen LogP contribution is -2.38. The molecule has 0 aliphatic carbocycles. The van der Waals surface area contributed by atoms with Gasteiger partial charge in [-0.2, -0.15) is 0 Å². The maximum atomic E-state index is 4.63. The second kappa shape index (κ2) is 6.34. The smallest absolute Gasteiger partial charge is 0.201 e. The molecule has 1 saturated heterocycles. The first kappa shape index (κ1) is 14.7. The Morgan fingerprint density at radius 2 is 2.22 bits per heavy atom. The van der Waals surface area contributed by atoms with Gasteiger partial charge >= 0.3 is 0 Å². The number of piperidine rings is 1. The van der Waals surface area contributed by atoms with Crippen molar-refractivity contribution in [3.8, 4) is 0 Å². The molecule has 0 radical (unpaired) electrons. The fourth-order valence-electron chi connectivity index (χ4n) is 3.65. The van der Waals surface area contributed by atoms with Crippen LogP contribution < -0.4 is 5.32 Å². The Balaban J connectivity index is 1.50. The molecule has 2 N–H and O–H groups in total. The molecular weight excluding hydrogens is 304 g/mol. The van der Waals surface area contributed by atoms with E-state index in [-0.39, 0.29) is 0 Å². The third-order valence-electron chi connectivity index (χ3n) is 4.76. The summed E-state index contributed by atoms with van der Waals surface area (Å²) in [5.41, 5.74) is 2.11. The SMILES string of the molecule is CN1CCCC(CNc2nc3ccccc3[nH]2)C1c1cccs1. The molecule has 4 rings (SSSR count). The van der Waals surface area contributed by atoms with Crippen molar-refractivity contribution in [2.45, 2.75) is 18.9 Å². The van der Waals surface area contributed by atoms with Crippen molar-refractivity contribution in [2.75, 3.05) is 25.5 Å². The largest absolute Gasteiger partial charge is 0.355 e. The minimum atomic E-state index is 0.514. The quantitative estimate of drug-likeness (QED) is 0.758. The minimum absolute atomic E-state index is 0.514. The zero-order valence-corrected chi connectivity index (χ0v) is 14.1. The second-order valence-corrected chi connectivity index (χ2v) is 7.31. The van der Waals surface area contributed by atoms with Gasteiger partial charge in [0.15, 0.2) is 0 Å². The van der Waals surface area contributed by atoms with E-state index in [1.807, 2.05) is 29.5 Å². The number of H-pyrrole nitrogens is 1. The fraction of sp³-hybridized carbons (Fsp3) is 0.389. The number of anilines is 1. The third kappa shape index (κ3) is 2.99. The molecule has 1 aromatic carbocycles. The Bertz CT molecular complexity index is 731. The van der Waals surface area contributed by atoms with Crippen molar-refractivity contribution < 1.29 is 0 Å². The van der Waals surface area contributed by atoms with E-state index in [0.717, 1.165) is 23.5 Å². The van der Waals surface area contributed by atoms with E-state index in [9.17, 15) is 0 Å². The molecule has 4 nitrogen and oxygen atoms in total. The monoisotopic (exact) mass is 326 g/mol. The first-order valence-electron chi connectivity index (χ1n) is 8.23. The lowest BCUT2D eigenvalue weighted by atomic mass is 9.88. The van der Waals surface area contributed by atoms with Gasteiger partial charge in [-0.1, -0.05) is 18.2 Å². The predicted molar refractivity (Wildman–Crippen MR) is 97.0 cm³/mol. The molecule has 0 saturated carbocycles. The van der Waals surface area contributed by atoms with Crippen LogP contribution in [0.25, 0.3) is 11.0 Å². The lowest BCUT2D eigenvalue weighted by molar-refractivity contribution is 0.130. The van der Waals surface area contributed by atoms with Gasteiger partial charge in [0.05, 0.1) is 11.0 Å². The van der Waals surface area contributed by atoms with Gasteiger partial charge in [-0.05, 0) is 55.9 Å². The lowest BCUT2D eigenvalue weighted by Gasteiger charge is -2.38. The molecule has 2 aromatic heterocycles. The molecule has 1 aliphatic rings. The summed E-state index contributed by atoms with van der Waals surface area (Å²) in [6, 6.07) is 13.1. The standard InChI is InChI=1S/C18H22N4S/c1-22-10-4-6-13(17(22)16-9-5-11-23-16)12-19-18-20-14-7-2-3-8-15(14)21-18/h2-3,5,7-9,11,13,17H,4,6,10,12H2,1H3,(H2,19,20,21). The molecule has 1 aliphatic heterocycles. The van der Waals surface area contributed by atoms with E-state index < -0.39 is 0 Å². The van der Waals surface area contributed by atoms with Crippen LogP contribution in [0, 0.1) is 5.92 Å². The van der Waals surface area contributed by atoms with Crippen LogP contribution in [0.15, 0.2) is 41.8 Å². The Labute approximate surface area is 140 Å². The van der Waals surface area contributed by atoms with Crippen LogP contribution >= 0.6 is 11.3 Å². The zero-order chi connectivity index (χ0) is 15.6. The Kier molecular flexibility index (Phi) is 4.06. The highest BCUT2D eigenvalue weighted by molar-refractivity contribution is 7.10. The molecule has 2 atom stereocenters. The highest BCUT2D eigenvalue weighted by Crippen LogP contribution is 2.37. The first-order valence-corrected chi connectivity index (χ1v) is 9.11. The van der Waals surface area contributed by atoms with Gasteiger partial charge in [0.1, 0.15) is 0 Å². The number of fused-ring (bicyclic) bond motifs is 1. The van der Waals surface area contributed by atoms with E-state index in [4.69, 9.17) is 0 Å². The van der Waals surface area contributed by atoms with E-state index in [2.05, 4.69) is 50.8 Å². The van der Waals surface area contributed by atoms with Gasteiger partial charge < -0.3 is 10.3 Å². The van der Waals surface area contributed by atoms with Gasteiger partial charge in [0, 0.05) is 17.5 Å². The van der Waals surface area contributed by atoms with E-state index >= 15 is 0 Å². The average Bonchev–Trinajstić information content (AvgIpc) is 3.22. The number of hydrogen-bond acceptors (Lipinski definition) is 4. The summed E-state index contributed by atoms with van der Waals surface area (Å²) in [4.78, 5) is 12.0. The summed E-state index contributed by atoms with van der Waals surface area (Å²) in [6.07, 6.45) is 2.53. The van der Waals surface area contributed by atoms with E-state index in [0.29, 0.717) is 12.0 Å². The molecule has 0 amide bonds. The van der Waals surface area contributed by atoms with Crippen LogP contribution in [-0.4, -0.2) is 35.0 Å². The van der Waals surface area contributed by atoms with Crippen LogP contribution in [0.5, 0.6) is 0 Å². The van der Waals surface area contributed by atoms with Gasteiger partial charge in [-0.15, -0.1) is 11.3 Å². The fourth-order valence-corrected chi connectivity index (χ4v) is 4.63. The predicted octanol–water partition coefficient (Wildman–Crippen LogP) is 4.12. The molecule has 0 bridgehead atoms. The number of thiophene rings is 1. The van der Waals surface area contributed by atoms with Crippen molar-refractivity contribution in [1.29, 1.82) is 0 Å². The summed E-state index contributed by atoms with van der Waals surface area (Å²) >= 11 is 1.87. The van der Waals surface area contributed by atoms with E-state index in [1.165, 1.54) is 24.3 Å². The summed E-state index contributed by atoms with van der Waals surface area (Å²) in [5, 5.41) is 5.71. The molecule has 120 valence electrons. The van der Waals surface area contributed by atoms with Crippen LogP contribution in [0.3, 0.4) is 0 Å². The van der Waals surface area contributed by atoms with Crippen LogP contribution in [0.4, 0.5) is 5.95 Å². The van der Waals surface area contributed by atoms with E-state index in [1.54, 1.807) is 0 Å². The number of rotatable bonds is 4. The van der Waals surface area contributed by atoms with Crippen LogP contribution in [0.1, 0.15) is 23.8 Å². The highest BCUT2D eigenvalue weighted by Gasteiger charge is 2.31. The number of aromatic nitrogens is 2. The summed E-state index contributed by atoms with van der Waals surface area (Å²) < 4.78 is 0. The Morgan fingerprint density at radius 1 is 1.30 bits per heavy atom. The van der Waals surface area contributed by atoms with Crippen LogP contribution in [-0.2, 0) is 0 Å². The van der Waals surface area contributed by atoms with Crippen molar-refractivity contribution >= 4 is 28.3 Å². The molecule has 3 heterocycles. The molecule has 0 spiro atoms. The highest BCUT2D eigenvalue weighted by atomic mass is 32.1. The van der Waals surface area contributed by atoms with Gasteiger partial charge in [-0.3, -0.25) is 4.90 Å². The third-order valence-corrected chi connectivity index (χ3v) is 5.71. The Hall–Kier alpha value is -1.85. The molecule has 3 aromatic rings. The van der Waals surface area contributed by atoms with Gasteiger partial charge in [0.2, 0.25) is 5.95 Å². The summed E-state index contributed by atoms with van der Waals surface area (Å²) in [6.45, 7) is 2.14. The summed E-state index contributed by atoms with van der Waals surface area (Å²) in [5.74, 6) is 1.49. The number of likely N-dealkylation sites (tertiary alicyclic amines) is 1. The van der Waals surface area contributed by atoms with Crippen molar-refractivity contribution in [3.63, 3.8) is 0 Å².